The van der Waals surface area contributed by atoms with Crippen LogP contribution >= 0.6 is 11.7 Å². The molecule has 5 rings (SSSR count). The van der Waals surface area contributed by atoms with Crippen LogP contribution in [0.2, 0.25) is 0 Å². The van der Waals surface area contributed by atoms with Gasteiger partial charge in [0.2, 0.25) is 0 Å². The number of benzene rings is 2. The Morgan fingerprint density at radius 2 is 2.10 bits per heavy atom. The van der Waals surface area contributed by atoms with Crippen molar-refractivity contribution < 1.29 is 4.79 Å². The number of aromatic nitrogens is 4. The summed E-state index contributed by atoms with van der Waals surface area (Å²) in [5, 5.41) is 11.1. The standard InChI is InChI=1S/C21H22N6OS/c28-21(20-16-5-1-2-6-17(16)23-24-20)22-11-15-4-3-9-27(13-15)12-14-7-8-18-19(10-14)26-29-25-18/h1-2,5-8,10,15H,3-4,9,11-13H2,(H,22,28)(H,23,24)/t15-/m1/s1. The molecule has 1 amide bonds. The fourth-order valence-electron chi connectivity index (χ4n) is 4.10. The lowest BCUT2D eigenvalue weighted by Crippen LogP contribution is -2.40. The zero-order valence-electron chi connectivity index (χ0n) is 16.0. The first-order valence-corrected chi connectivity index (χ1v) is 10.6. The zero-order valence-corrected chi connectivity index (χ0v) is 16.8. The number of nitrogens with one attached hydrogen (secondary N) is 2. The molecule has 8 heteroatoms. The highest BCUT2D eigenvalue weighted by Crippen LogP contribution is 2.21. The molecular weight excluding hydrogens is 384 g/mol. The molecule has 2 aromatic carbocycles. The number of carbonyl (C=O) groups is 1. The third kappa shape index (κ3) is 3.86. The van der Waals surface area contributed by atoms with Crippen LogP contribution in [0.1, 0.15) is 28.9 Å². The van der Waals surface area contributed by atoms with E-state index in [0.29, 0.717) is 18.2 Å². The van der Waals surface area contributed by atoms with E-state index in [2.05, 4.69) is 41.3 Å². The first kappa shape index (κ1) is 18.2. The number of amides is 1. The van der Waals surface area contributed by atoms with Gasteiger partial charge in [0.1, 0.15) is 11.0 Å². The van der Waals surface area contributed by atoms with E-state index < -0.39 is 0 Å². The summed E-state index contributed by atoms with van der Waals surface area (Å²) in [5.74, 6) is 0.337. The fraction of sp³-hybridized carbons (Fsp3) is 0.333. The molecule has 2 aromatic heterocycles. The number of hydrogen-bond acceptors (Lipinski definition) is 6. The minimum atomic E-state index is -0.110. The molecule has 1 fully saturated rings. The van der Waals surface area contributed by atoms with E-state index in [4.69, 9.17) is 0 Å². The third-order valence-corrected chi connectivity index (χ3v) is 6.12. The summed E-state index contributed by atoms with van der Waals surface area (Å²) < 4.78 is 8.61. The molecule has 0 bridgehead atoms. The van der Waals surface area contributed by atoms with Gasteiger partial charge < -0.3 is 5.32 Å². The van der Waals surface area contributed by atoms with Crippen LogP contribution in [0.3, 0.4) is 0 Å². The third-order valence-electron chi connectivity index (χ3n) is 5.56. The lowest BCUT2D eigenvalue weighted by atomic mass is 9.97. The van der Waals surface area contributed by atoms with Crippen LogP contribution in [-0.2, 0) is 6.54 Å². The number of likely N-dealkylation sites (tertiary alicyclic amines) is 1. The number of aromatic amines is 1. The number of rotatable bonds is 5. The van der Waals surface area contributed by atoms with Crippen LogP contribution in [0.15, 0.2) is 42.5 Å². The predicted octanol–water partition coefficient (Wildman–Crippen LogP) is 3.21. The average Bonchev–Trinajstić information content (AvgIpc) is 3.39. The largest absolute Gasteiger partial charge is 0.350 e. The number of nitrogens with zero attached hydrogens (tertiary/aromatic N) is 4. The number of piperidine rings is 1. The van der Waals surface area contributed by atoms with Crippen LogP contribution in [0.25, 0.3) is 21.9 Å². The van der Waals surface area contributed by atoms with Crippen molar-refractivity contribution in [2.24, 2.45) is 5.92 Å². The van der Waals surface area contributed by atoms with E-state index in [1.165, 1.54) is 17.3 Å². The van der Waals surface area contributed by atoms with E-state index in [1.54, 1.807) is 0 Å². The average molecular weight is 407 g/mol. The minimum absolute atomic E-state index is 0.110. The van der Waals surface area contributed by atoms with Crippen LogP contribution in [0, 0.1) is 5.92 Å². The highest BCUT2D eigenvalue weighted by atomic mass is 32.1. The number of carbonyl (C=O) groups excluding carboxylic acids is 1. The molecular formula is C21H22N6OS. The van der Waals surface area contributed by atoms with Crippen LogP contribution in [-0.4, -0.2) is 49.4 Å². The molecule has 1 saturated heterocycles. The Morgan fingerprint density at radius 1 is 1.21 bits per heavy atom. The zero-order chi connectivity index (χ0) is 19.6. The van der Waals surface area contributed by atoms with Gasteiger partial charge in [0.15, 0.2) is 5.69 Å². The van der Waals surface area contributed by atoms with Gasteiger partial charge in [-0.15, -0.1) is 0 Å². The molecule has 0 aliphatic carbocycles. The number of hydrogen-bond donors (Lipinski definition) is 2. The molecule has 29 heavy (non-hydrogen) atoms. The van der Waals surface area contributed by atoms with Crippen molar-refractivity contribution in [1.29, 1.82) is 0 Å². The topological polar surface area (TPSA) is 86.8 Å². The second-order valence-electron chi connectivity index (χ2n) is 7.66. The SMILES string of the molecule is O=C(NC[C@H]1CCCN(Cc2ccc3nsnc3c2)C1)c1n[nH]c2ccccc12. The van der Waals surface area contributed by atoms with Gasteiger partial charge in [-0.05, 0) is 49.1 Å². The van der Waals surface area contributed by atoms with Crippen molar-refractivity contribution in [1.82, 2.24) is 29.2 Å². The summed E-state index contributed by atoms with van der Waals surface area (Å²) in [6, 6.07) is 14.0. The molecule has 148 valence electrons. The summed E-state index contributed by atoms with van der Waals surface area (Å²) >= 11 is 1.26. The lowest BCUT2D eigenvalue weighted by molar-refractivity contribution is 0.0927. The summed E-state index contributed by atoms with van der Waals surface area (Å²) in [7, 11) is 0. The lowest BCUT2D eigenvalue weighted by Gasteiger charge is -2.32. The van der Waals surface area contributed by atoms with Crippen molar-refractivity contribution in [3.63, 3.8) is 0 Å². The van der Waals surface area contributed by atoms with Crippen molar-refractivity contribution in [3.8, 4) is 0 Å². The van der Waals surface area contributed by atoms with Gasteiger partial charge in [0.05, 0.1) is 17.2 Å². The predicted molar refractivity (Wildman–Crippen MR) is 114 cm³/mol. The number of H-pyrrole nitrogens is 1. The van der Waals surface area contributed by atoms with Crippen molar-refractivity contribution in [2.75, 3.05) is 19.6 Å². The molecule has 7 nitrogen and oxygen atoms in total. The van der Waals surface area contributed by atoms with Gasteiger partial charge in [0.25, 0.3) is 5.91 Å². The molecule has 0 spiro atoms. The Kier molecular flexibility index (Phi) is 4.95. The van der Waals surface area contributed by atoms with Crippen molar-refractivity contribution in [2.45, 2.75) is 19.4 Å². The van der Waals surface area contributed by atoms with E-state index >= 15 is 0 Å². The molecule has 1 aliphatic rings. The second kappa shape index (κ2) is 7.88. The highest BCUT2D eigenvalue weighted by Gasteiger charge is 2.22. The Hall–Kier alpha value is -2.84. The molecule has 1 atom stereocenters. The van der Waals surface area contributed by atoms with E-state index in [-0.39, 0.29) is 5.91 Å². The molecule has 4 aromatic rings. The summed E-state index contributed by atoms with van der Waals surface area (Å²) in [5.41, 5.74) is 4.55. The van der Waals surface area contributed by atoms with Gasteiger partial charge in [-0.2, -0.15) is 13.8 Å². The first-order valence-electron chi connectivity index (χ1n) is 9.91. The molecule has 0 radical (unpaired) electrons. The van der Waals surface area contributed by atoms with Crippen LogP contribution < -0.4 is 5.32 Å². The van der Waals surface area contributed by atoms with Gasteiger partial charge in [-0.25, -0.2) is 0 Å². The van der Waals surface area contributed by atoms with Crippen molar-refractivity contribution >= 4 is 39.6 Å². The maximum atomic E-state index is 12.6. The Balaban J connectivity index is 1.19. The van der Waals surface area contributed by atoms with Crippen molar-refractivity contribution in [3.05, 3.63) is 53.7 Å². The van der Waals surface area contributed by atoms with E-state index in [1.807, 2.05) is 30.3 Å². The highest BCUT2D eigenvalue weighted by molar-refractivity contribution is 7.00. The molecule has 3 heterocycles. The van der Waals surface area contributed by atoms with E-state index in [0.717, 1.165) is 54.4 Å². The van der Waals surface area contributed by atoms with Gasteiger partial charge in [-0.1, -0.05) is 24.3 Å². The Labute approximate surface area is 172 Å². The number of fused-ring (bicyclic) bond motifs is 2. The quantitative estimate of drug-likeness (QED) is 0.531. The Bertz CT molecular complexity index is 1150. The van der Waals surface area contributed by atoms with Crippen LogP contribution in [0.5, 0.6) is 0 Å². The normalized spacial score (nSPS) is 17.7. The van der Waals surface area contributed by atoms with Gasteiger partial charge >= 0.3 is 0 Å². The fourth-order valence-corrected chi connectivity index (χ4v) is 4.62. The van der Waals surface area contributed by atoms with E-state index in [9.17, 15) is 4.79 Å². The molecule has 0 unspecified atom stereocenters. The second-order valence-corrected chi connectivity index (χ2v) is 8.19. The molecule has 1 aliphatic heterocycles. The monoisotopic (exact) mass is 406 g/mol. The number of para-hydroxylation sites is 1. The van der Waals surface area contributed by atoms with Crippen LogP contribution in [0.4, 0.5) is 0 Å². The smallest absolute Gasteiger partial charge is 0.272 e. The maximum Gasteiger partial charge on any atom is 0.272 e. The Morgan fingerprint density at radius 3 is 3.07 bits per heavy atom. The summed E-state index contributed by atoms with van der Waals surface area (Å²) in [4.78, 5) is 15.1. The molecule has 2 N–H and O–H groups in total. The van der Waals surface area contributed by atoms with Gasteiger partial charge in [0, 0.05) is 25.0 Å². The summed E-state index contributed by atoms with van der Waals surface area (Å²) in [6.45, 7) is 3.64. The first-order chi connectivity index (χ1) is 14.3. The molecule has 0 saturated carbocycles. The maximum absolute atomic E-state index is 12.6. The minimum Gasteiger partial charge on any atom is -0.350 e. The van der Waals surface area contributed by atoms with Gasteiger partial charge in [-0.3, -0.25) is 14.8 Å². The summed E-state index contributed by atoms with van der Waals surface area (Å²) in [6.07, 6.45) is 2.28.